The fraction of sp³-hybridized carbons (Fsp3) is 0.250. The quantitative estimate of drug-likeness (QED) is 0.740. The number of amides is 2. The second-order valence-electron chi connectivity index (χ2n) is 3.74. The van der Waals surface area contributed by atoms with E-state index in [2.05, 4.69) is 0 Å². The van der Waals surface area contributed by atoms with Crippen LogP contribution in [0.1, 0.15) is 27.6 Å². The number of nitrogens with zero attached hydrogens (tertiary/aromatic N) is 1. The summed E-state index contributed by atoms with van der Waals surface area (Å²) in [5.41, 5.74) is 0.445. The average Bonchev–Trinajstić information content (AvgIpc) is 2.63. The molecule has 0 saturated carbocycles. The molecule has 1 aromatic carbocycles. The molecule has 1 aliphatic rings. The number of rotatable bonds is 3. The summed E-state index contributed by atoms with van der Waals surface area (Å²) in [6.45, 7) is 1.46. The molecule has 1 aromatic rings. The molecule has 0 aliphatic carbocycles. The Hall–Kier alpha value is -2.21. The van der Waals surface area contributed by atoms with E-state index < -0.39 is 23.9 Å². The number of carbonyl (C=O) groups excluding carboxylic acids is 3. The number of benzene rings is 1. The van der Waals surface area contributed by atoms with Gasteiger partial charge in [0.15, 0.2) is 6.10 Å². The van der Waals surface area contributed by atoms with Crippen LogP contribution in [-0.2, 0) is 14.4 Å². The van der Waals surface area contributed by atoms with Crippen molar-refractivity contribution in [2.45, 2.75) is 13.0 Å². The molecule has 1 heterocycles. The summed E-state index contributed by atoms with van der Waals surface area (Å²) < 4.78 is 4.75. The maximum absolute atomic E-state index is 11.8. The summed E-state index contributed by atoms with van der Waals surface area (Å²) in [4.78, 5) is 39.9. The Morgan fingerprint density at radius 3 is 2.11 bits per heavy atom. The Kier molecular flexibility index (Phi) is 3.12. The first kappa shape index (κ1) is 12.3. The van der Waals surface area contributed by atoms with E-state index in [9.17, 15) is 14.4 Å². The van der Waals surface area contributed by atoms with Gasteiger partial charge in [-0.3, -0.25) is 9.59 Å². The van der Waals surface area contributed by atoms with Crippen molar-refractivity contribution in [3.8, 4) is 0 Å². The molecule has 2 rings (SSSR count). The van der Waals surface area contributed by atoms with E-state index in [4.69, 9.17) is 9.57 Å². The minimum atomic E-state index is -0.852. The summed E-state index contributed by atoms with van der Waals surface area (Å²) >= 11 is 0. The van der Waals surface area contributed by atoms with Crippen molar-refractivity contribution in [2.24, 2.45) is 0 Å². The van der Waals surface area contributed by atoms with Crippen molar-refractivity contribution in [2.75, 3.05) is 7.11 Å². The smallest absolute Gasteiger partial charge is 0.361 e. The molecule has 0 fully saturated rings. The second kappa shape index (κ2) is 4.58. The SMILES string of the molecule is CO[C@@H](C)C(=O)ON1C(=O)c2ccccc2C1=O. The lowest BCUT2D eigenvalue weighted by Crippen LogP contribution is -2.36. The highest BCUT2D eigenvalue weighted by Crippen LogP contribution is 2.22. The van der Waals surface area contributed by atoms with Gasteiger partial charge in [0.25, 0.3) is 11.8 Å². The van der Waals surface area contributed by atoms with E-state index >= 15 is 0 Å². The molecule has 94 valence electrons. The van der Waals surface area contributed by atoms with Crippen molar-refractivity contribution in [1.29, 1.82) is 0 Å². The maximum Gasteiger partial charge on any atom is 0.361 e. The minimum absolute atomic E-state index is 0.223. The monoisotopic (exact) mass is 249 g/mol. The molecule has 2 amide bonds. The summed E-state index contributed by atoms with van der Waals surface area (Å²) in [6, 6.07) is 6.27. The third-order valence-corrected chi connectivity index (χ3v) is 2.62. The van der Waals surface area contributed by atoms with Gasteiger partial charge in [-0.15, -0.1) is 0 Å². The molecule has 6 nitrogen and oxygen atoms in total. The minimum Gasteiger partial charge on any atom is -0.370 e. The maximum atomic E-state index is 11.8. The van der Waals surface area contributed by atoms with Crippen LogP contribution in [0.5, 0.6) is 0 Å². The predicted molar refractivity (Wildman–Crippen MR) is 59.5 cm³/mol. The first-order valence-electron chi connectivity index (χ1n) is 5.28. The fourth-order valence-electron chi connectivity index (χ4n) is 1.51. The molecule has 0 spiro atoms. The first-order valence-corrected chi connectivity index (χ1v) is 5.28. The van der Waals surface area contributed by atoms with Crippen LogP contribution in [0.2, 0.25) is 0 Å². The molecular formula is C12H11NO5. The van der Waals surface area contributed by atoms with Gasteiger partial charge >= 0.3 is 5.97 Å². The van der Waals surface area contributed by atoms with Crippen LogP contribution in [0.4, 0.5) is 0 Å². The summed E-state index contributed by atoms with van der Waals surface area (Å²) in [5, 5.41) is 0.461. The zero-order valence-electron chi connectivity index (χ0n) is 9.88. The number of imide groups is 1. The van der Waals surface area contributed by atoms with Gasteiger partial charge in [-0.05, 0) is 19.1 Å². The number of carbonyl (C=O) groups is 3. The zero-order chi connectivity index (χ0) is 13.3. The van der Waals surface area contributed by atoms with Crippen LogP contribution in [0, 0.1) is 0 Å². The zero-order valence-corrected chi connectivity index (χ0v) is 9.88. The van der Waals surface area contributed by atoms with Gasteiger partial charge in [-0.2, -0.15) is 0 Å². The topological polar surface area (TPSA) is 72.9 Å². The molecule has 0 unspecified atom stereocenters. The Morgan fingerprint density at radius 2 is 1.67 bits per heavy atom. The lowest BCUT2D eigenvalue weighted by molar-refractivity contribution is -0.179. The summed E-state index contributed by atoms with van der Waals surface area (Å²) in [5.74, 6) is -2.09. The molecule has 0 N–H and O–H groups in total. The van der Waals surface area contributed by atoms with E-state index in [1.807, 2.05) is 0 Å². The highest BCUT2D eigenvalue weighted by atomic mass is 16.7. The number of fused-ring (bicyclic) bond motifs is 1. The van der Waals surface area contributed by atoms with Crippen LogP contribution >= 0.6 is 0 Å². The molecule has 0 radical (unpaired) electrons. The molecule has 18 heavy (non-hydrogen) atoms. The third-order valence-electron chi connectivity index (χ3n) is 2.62. The van der Waals surface area contributed by atoms with Crippen LogP contribution < -0.4 is 0 Å². The molecule has 0 aromatic heterocycles. The highest BCUT2D eigenvalue weighted by molar-refractivity contribution is 6.20. The average molecular weight is 249 g/mol. The molecule has 6 heteroatoms. The fourth-order valence-corrected chi connectivity index (χ4v) is 1.51. The largest absolute Gasteiger partial charge is 0.370 e. The molecule has 1 aliphatic heterocycles. The Morgan fingerprint density at radius 1 is 1.17 bits per heavy atom. The van der Waals surface area contributed by atoms with Crippen molar-refractivity contribution < 1.29 is 24.0 Å². The standard InChI is InChI=1S/C12H11NO5/c1-7(17-2)12(16)18-13-10(14)8-5-3-4-6-9(8)11(13)15/h3-7H,1-2H3/t7-/m0/s1. The lowest BCUT2D eigenvalue weighted by Gasteiger charge is -2.15. The Balaban J connectivity index is 2.22. The predicted octanol–water partition coefficient (Wildman–Crippen LogP) is 0.776. The Bertz CT molecular complexity index is 490. The highest BCUT2D eigenvalue weighted by Gasteiger charge is 2.39. The molecule has 1 atom stereocenters. The molecule has 0 saturated heterocycles. The number of hydrogen-bond donors (Lipinski definition) is 0. The van der Waals surface area contributed by atoms with Gasteiger partial charge in [0.05, 0.1) is 11.1 Å². The van der Waals surface area contributed by atoms with Gasteiger partial charge in [-0.25, -0.2) is 4.79 Å². The van der Waals surface area contributed by atoms with E-state index in [1.165, 1.54) is 26.2 Å². The van der Waals surface area contributed by atoms with Crippen molar-refractivity contribution in [1.82, 2.24) is 5.06 Å². The van der Waals surface area contributed by atoms with Crippen molar-refractivity contribution in [3.05, 3.63) is 35.4 Å². The number of ether oxygens (including phenoxy) is 1. The van der Waals surface area contributed by atoms with Gasteiger partial charge in [-0.1, -0.05) is 17.2 Å². The summed E-state index contributed by atoms with van der Waals surface area (Å²) in [7, 11) is 1.33. The second-order valence-corrected chi connectivity index (χ2v) is 3.74. The van der Waals surface area contributed by atoms with Crippen LogP contribution in [0.15, 0.2) is 24.3 Å². The van der Waals surface area contributed by atoms with Crippen LogP contribution in [0.3, 0.4) is 0 Å². The van der Waals surface area contributed by atoms with E-state index in [0.29, 0.717) is 5.06 Å². The van der Waals surface area contributed by atoms with Gasteiger partial charge in [0.1, 0.15) is 0 Å². The summed E-state index contributed by atoms with van der Waals surface area (Å²) in [6.07, 6.45) is -0.852. The van der Waals surface area contributed by atoms with Crippen LogP contribution in [-0.4, -0.2) is 36.1 Å². The normalized spacial score (nSPS) is 15.6. The van der Waals surface area contributed by atoms with Gasteiger partial charge in [0.2, 0.25) is 0 Å². The Labute approximate surface area is 103 Å². The first-order chi connectivity index (χ1) is 8.56. The van der Waals surface area contributed by atoms with Crippen molar-refractivity contribution in [3.63, 3.8) is 0 Å². The van der Waals surface area contributed by atoms with E-state index in [1.54, 1.807) is 12.1 Å². The van der Waals surface area contributed by atoms with Gasteiger partial charge < -0.3 is 9.57 Å². The van der Waals surface area contributed by atoms with Gasteiger partial charge in [0, 0.05) is 7.11 Å². The lowest BCUT2D eigenvalue weighted by atomic mass is 10.1. The van der Waals surface area contributed by atoms with E-state index in [-0.39, 0.29) is 11.1 Å². The molecule has 0 bridgehead atoms. The van der Waals surface area contributed by atoms with Crippen molar-refractivity contribution >= 4 is 17.8 Å². The molecular weight excluding hydrogens is 238 g/mol. The van der Waals surface area contributed by atoms with E-state index in [0.717, 1.165) is 0 Å². The number of hydrogen-bond acceptors (Lipinski definition) is 5. The number of methoxy groups -OCH3 is 1. The third kappa shape index (κ3) is 1.86. The number of hydroxylamine groups is 2. The van der Waals surface area contributed by atoms with Crippen LogP contribution in [0.25, 0.3) is 0 Å².